The zero-order valence-corrected chi connectivity index (χ0v) is 7.90. The lowest BCUT2D eigenvalue weighted by Gasteiger charge is -2.03. The molecule has 0 aliphatic rings. The molecule has 0 saturated heterocycles. The molecule has 0 saturated carbocycles. The van der Waals surface area contributed by atoms with Crippen molar-refractivity contribution >= 4 is 0 Å². The molecule has 0 aliphatic carbocycles. The van der Waals surface area contributed by atoms with Gasteiger partial charge in [0.2, 0.25) is 0 Å². The fourth-order valence-electron chi connectivity index (χ4n) is 1.41. The van der Waals surface area contributed by atoms with E-state index in [0.717, 1.165) is 11.3 Å². The fourth-order valence-corrected chi connectivity index (χ4v) is 1.41. The smallest absolute Gasteiger partial charge is 0.181 e. The second-order valence-corrected chi connectivity index (χ2v) is 3.01. The molecule has 1 aromatic rings. The molecule has 0 atom stereocenters. The molecule has 0 bridgehead atoms. The maximum absolute atomic E-state index is 8.81. The first-order valence-corrected chi connectivity index (χ1v) is 4.49. The van der Waals surface area contributed by atoms with Crippen molar-refractivity contribution in [1.29, 1.82) is 0 Å². The summed E-state index contributed by atoms with van der Waals surface area (Å²) in [6, 6.07) is 3.94. The van der Waals surface area contributed by atoms with Crippen LogP contribution < -0.4 is 4.57 Å². The highest BCUT2D eigenvalue weighted by Crippen LogP contribution is 2.02. The maximum atomic E-state index is 8.81. The van der Waals surface area contributed by atoms with Crippen LogP contribution in [0.15, 0.2) is 18.3 Å². The van der Waals surface area contributed by atoms with Crippen molar-refractivity contribution in [2.75, 3.05) is 13.2 Å². The summed E-state index contributed by atoms with van der Waals surface area (Å²) in [4.78, 5) is 0. The predicted molar refractivity (Wildman–Crippen MR) is 49.2 cm³/mol. The van der Waals surface area contributed by atoms with Gasteiger partial charge in [0.25, 0.3) is 0 Å². The van der Waals surface area contributed by atoms with Crippen LogP contribution in [0.2, 0.25) is 0 Å². The van der Waals surface area contributed by atoms with Gasteiger partial charge < -0.3 is 10.2 Å². The van der Waals surface area contributed by atoms with Crippen molar-refractivity contribution in [1.82, 2.24) is 0 Å². The lowest BCUT2D eigenvalue weighted by molar-refractivity contribution is -0.704. The van der Waals surface area contributed by atoms with Crippen LogP contribution in [-0.4, -0.2) is 23.4 Å². The summed E-state index contributed by atoms with van der Waals surface area (Å²) in [6.07, 6.45) is 2.62. The van der Waals surface area contributed by atoms with E-state index in [0.29, 0.717) is 13.0 Å². The average molecular weight is 182 g/mol. The number of nitrogens with zero attached hydrogens (tertiary/aromatic N) is 1. The molecule has 0 amide bonds. The first-order chi connectivity index (χ1) is 6.29. The van der Waals surface area contributed by atoms with Crippen molar-refractivity contribution in [3.05, 3.63) is 29.6 Å². The third-order valence-electron chi connectivity index (χ3n) is 2.18. The monoisotopic (exact) mass is 182 g/mol. The molecule has 0 fully saturated rings. The van der Waals surface area contributed by atoms with E-state index < -0.39 is 0 Å². The minimum Gasteiger partial charge on any atom is -0.396 e. The Morgan fingerprint density at radius 2 is 2.08 bits per heavy atom. The van der Waals surface area contributed by atoms with Gasteiger partial charge in [-0.25, -0.2) is 4.57 Å². The molecule has 0 unspecified atom stereocenters. The largest absolute Gasteiger partial charge is 0.396 e. The van der Waals surface area contributed by atoms with Crippen LogP contribution in [0.3, 0.4) is 0 Å². The summed E-state index contributed by atoms with van der Waals surface area (Å²) >= 11 is 0. The van der Waals surface area contributed by atoms with Crippen LogP contribution in [0.25, 0.3) is 0 Å². The molecular weight excluding hydrogens is 166 g/mol. The molecule has 0 radical (unpaired) electrons. The summed E-state index contributed by atoms with van der Waals surface area (Å²) in [5.74, 6) is 0. The first kappa shape index (κ1) is 10.2. The second-order valence-electron chi connectivity index (χ2n) is 3.01. The summed E-state index contributed by atoms with van der Waals surface area (Å²) in [6.45, 7) is 2.93. The van der Waals surface area contributed by atoms with Crippen LogP contribution in [-0.2, 0) is 13.0 Å². The van der Waals surface area contributed by atoms with Gasteiger partial charge in [-0.2, -0.15) is 0 Å². The lowest BCUT2D eigenvalue weighted by atomic mass is 10.1. The minimum absolute atomic E-state index is 0.147. The molecule has 0 aromatic carbocycles. The Morgan fingerprint density at radius 1 is 1.31 bits per heavy atom. The number of aromatic nitrogens is 1. The van der Waals surface area contributed by atoms with Gasteiger partial charge in [0.15, 0.2) is 18.4 Å². The summed E-state index contributed by atoms with van der Waals surface area (Å²) in [7, 11) is 0. The number of pyridine rings is 1. The molecule has 1 heterocycles. The van der Waals surface area contributed by atoms with E-state index in [4.69, 9.17) is 10.2 Å². The van der Waals surface area contributed by atoms with Gasteiger partial charge in [0, 0.05) is 31.6 Å². The van der Waals surface area contributed by atoms with E-state index >= 15 is 0 Å². The second kappa shape index (κ2) is 4.94. The highest BCUT2D eigenvalue weighted by molar-refractivity contribution is 5.14. The number of aliphatic hydroxyl groups excluding tert-OH is 2. The van der Waals surface area contributed by atoms with E-state index in [2.05, 4.69) is 0 Å². The van der Waals surface area contributed by atoms with Crippen molar-refractivity contribution in [3.8, 4) is 0 Å². The third-order valence-corrected chi connectivity index (χ3v) is 2.18. The Balaban J connectivity index is 2.89. The third kappa shape index (κ3) is 2.50. The molecule has 0 spiro atoms. The molecule has 1 aromatic heterocycles. The quantitative estimate of drug-likeness (QED) is 0.634. The van der Waals surface area contributed by atoms with E-state index in [1.54, 1.807) is 0 Å². The van der Waals surface area contributed by atoms with Gasteiger partial charge in [-0.1, -0.05) is 0 Å². The van der Waals surface area contributed by atoms with E-state index in [9.17, 15) is 0 Å². The number of rotatable bonds is 4. The number of aliphatic hydroxyl groups is 2. The van der Waals surface area contributed by atoms with E-state index in [1.165, 1.54) is 0 Å². The van der Waals surface area contributed by atoms with Crippen molar-refractivity contribution in [3.63, 3.8) is 0 Å². The highest BCUT2D eigenvalue weighted by atomic mass is 16.3. The molecular formula is C10H16NO2+. The van der Waals surface area contributed by atoms with Crippen LogP contribution in [0.4, 0.5) is 0 Å². The molecule has 1 rings (SSSR count). The highest BCUT2D eigenvalue weighted by Gasteiger charge is 2.09. The van der Waals surface area contributed by atoms with Crippen molar-refractivity contribution < 1.29 is 14.8 Å². The van der Waals surface area contributed by atoms with Gasteiger partial charge in [0.1, 0.15) is 6.61 Å². The number of hydrogen-bond acceptors (Lipinski definition) is 2. The Morgan fingerprint density at radius 3 is 2.69 bits per heavy atom. The predicted octanol–water partition coefficient (Wildman–Crippen LogP) is -0.190. The SMILES string of the molecule is Cc1c(CCO)ccc[n+]1CCO. The Hall–Kier alpha value is -0.930. The van der Waals surface area contributed by atoms with Crippen molar-refractivity contribution in [2.24, 2.45) is 0 Å². The molecule has 72 valence electrons. The molecule has 0 aliphatic heterocycles. The standard InChI is InChI=1S/C10H16NO2/c1-9-10(4-7-12)3-2-5-11(9)6-8-13/h2-3,5,12-13H,4,6-8H2,1H3/q+1. The topological polar surface area (TPSA) is 44.3 Å². The van der Waals surface area contributed by atoms with Gasteiger partial charge in [-0.05, 0) is 6.07 Å². The average Bonchev–Trinajstić information content (AvgIpc) is 2.13. The van der Waals surface area contributed by atoms with Crippen LogP contribution in [0.5, 0.6) is 0 Å². The molecule has 2 N–H and O–H groups in total. The maximum Gasteiger partial charge on any atom is 0.181 e. The lowest BCUT2D eigenvalue weighted by Crippen LogP contribution is -2.39. The molecule has 13 heavy (non-hydrogen) atoms. The summed E-state index contributed by atoms with van der Waals surface area (Å²) < 4.78 is 1.99. The van der Waals surface area contributed by atoms with E-state index in [1.807, 2.05) is 29.8 Å². The Bertz CT molecular complexity index is 249. The van der Waals surface area contributed by atoms with E-state index in [-0.39, 0.29) is 13.2 Å². The fraction of sp³-hybridized carbons (Fsp3) is 0.500. The van der Waals surface area contributed by atoms with Gasteiger partial charge in [0.05, 0.1) is 0 Å². The Labute approximate surface area is 78.3 Å². The number of hydrogen-bond donors (Lipinski definition) is 2. The van der Waals surface area contributed by atoms with Gasteiger partial charge in [-0.3, -0.25) is 0 Å². The van der Waals surface area contributed by atoms with Crippen LogP contribution in [0, 0.1) is 6.92 Å². The minimum atomic E-state index is 0.147. The molecule has 3 nitrogen and oxygen atoms in total. The van der Waals surface area contributed by atoms with Crippen LogP contribution in [0.1, 0.15) is 11.3 Å². The zero-order chi connectivity index (χ0) is 9.68. The van der Waals surface area contributed by atoms with Gasteiger partial charge in [-0.15, -0.1) is 0 Å². The normalized spacial score (nSPS) is 10.4. The molecule has 3 heteroatoms. The summed E-state index contributed by atoms with van der Waals surface area (Å²) in [5.41, 5.74) is 2.25. The Kier molecular flexibility index (Phi) is 3.86. The van der Waals surface area contributed by atoms with Crippen molar-refractivity contribution in [2.45, 2.75) is 19.9 Å². The summed E-state index contributed by atoms with van der Waals surface area (Å²) in [5, 5.41) is 17.6. The van der Waals surface area contributed by atoms with Gasteiger partial charge >= 0.3 is 0 Å². The zero-order valence-electron chi connectivity index (χ0n) is 7.90. The van der Waals surface area contributed by atoms with Crippen LogP contribution >= 0.6 is 0 Å². The first-order valence-electron chi connectivity index (χ1n) is 4.49.